The summed E-state index contributed by atoms with van der Waals surface area (Å²) in [7, 11) is -4.52. The molecule has 0 fully saturated rings. The van der Waals surface area contributed by atoms with Gasteiger partial charge < -0.3 is 10.3 Å². The molecule has 17 heavy (non-hydrogen) atoms. The fourth-order valence-corrected chi connectivity index (χ4v) is 2.75. The van der Waals surface area contributed by atoms with E-state index in [4.69, 9.17) is 5.73 Å². The Morgan fingerprint density at radius 1 is 1.18 bits per heavy atom. The van der Waals surface area contributed by atoms with Crippen LogP contribution in [0.4, 0.5) is 5.69 Å². The molecule has 0 saturated carbocycles. The number of hydrogen-bond acceptors (Lipinski definition) is 4. The summed E-state index contributed by atoms with van der Waals surface area (Å²) in [6.07, 6.45) is 0. The zero-order chi connectivity index (χ0) is 11.9. The van der Waals surface area contributed by atoms with Crippen molar-refractivity contribution in [1.29, 1.82) is 0 Å². The molecule has 2 aromatic rings. The average molecular weight is 324 g/mol. The Hall–Kier alpha value is -0.110. The molecule has 0 saturated heterocycles. The van der Waals surface area contributed by atoms with Crippen LogP contribution in [-0.2, 0) is 10.1 Å². The van der Waals surface area contributed by atoms with Crippen molar-refractivity contribution in [3.05, 3.63) is 34.8 Å². The Morgan fingerprint density at radius 3 is 2.41 bits per heavy atom. The monoisotopic (exact) mass is 323 g/mol. The van der Waals surface area contributed by atoms with Gasteiger partial charge in [-0.3, -0.25) is 0 Å². The summed E-state index contributed by atoms with van der Waals surface area (Å²) in [6.45, 7) is 0. The van der Waals surface area contributed by atoms with E-state index in [1.807, 2.05) is 0 Å². The van der Waals surface area contributed by atoms with E-state index in [-0.39, 0.29) is 45.5 Å². The molecule has 7 heteroatoms. The Morgan fingerprint density at radius 2 is 1.82 bits per heavy atom. The first-order valence-corrected chi connectivity index (χ1v) is 6.54. The van der Waals surface area contributed by atoms with Gasteiger partial charge in [0.15, 0.2) is 0 Å². The molecular formula is C10H7BrNNaO3S. The first-order chi connectivity index (χ1) is 7.41. The van der Waals surface area contributed by atoms with Gasteiger partial charge >= 0.3 is 29.6 Å². The summed E-state index contributed by atoms with van der Waals surface area (Å²) >= 11 is 3.28. The molecule has 0 aliphatic rings. The van der Waals surface area contributed by atoms with Crippen LogP contribution < -0.4 is 35.3 Å². The van der Waals surface area contributed by atoms with Gasteiger partial charge in [0, 0.05) is 15.5 Å². The fraction of sp³-hybridized carbons (Fsp3) is 0. The maximum absolute atomic E-state index is 11.1. The van der Waals surface area contributed by atoms with Crippen molar-refractivity contribution in [1.82, 2.24) is 0 Å². The molecule has 0 bridgehead atoms. The van der Waals surface area contributed by atoms with E-state index in [0.717, 1.165) is 0 Å². The first kappa shape index (κ1) is 14.9. The quantitative estimate of drug-likeness (QED) is 0.418. The van der Waals surface area contributed by atoms with Crippen molar-refractivity contribution in [2.24, 2.45) is 0 Å². The molecule has 2 rings (SSSR count). The predicted molar refractivity (Wildman–Crippen MR) is 64.0 cm³/mol. The Kier molecular flexibility index (Phi) is 4.62. The summed E-state index contributed by atoms with van der Waals surface area (Å²) in [5.74, 6) is 0. The van der Waals surface area contributed by atoms with Crippen molar-refractivity contribution >= 4 is 42.5 Å². The smallest absolute Gasteiger partial charge is 0.744 e. The van der Waals surface area contributed by atoms with Gasteiger partial charge in [-0.25, -0.2) is 8.42 Å². The average Bonchev–Trinajstić information content (AvgIpc) is 2.18. The van der Waals surface area contributed by atoms with Crippen molar-refractivity contribution in [3.8, 4) is 0 Å². The summed E-state index contributed by atoms with van der Waals surface area (Å²) < 4.78 is 33.9. The molecule has 4 nitrogen and oxygen atoms in total. The molecule has 0 unspecified atom stereocenters. The van der Waals surface area contributed by atoms with Gasteiger partial charge in [0.25, 0.3) is 0 Å². The second-order valence-corrected chi connectivity index (χ2v) is 5.47. The minimum atomic E-state index is -4.52. The van der Waals surface area contributed by atoms with Crippen LogP contribution in [0.25, 0.3) is 10.8 Å². The minimum Gasteiger partial charge on any atom is -0.744 e. The molecule has 0 heterocycles. The van der Waals surface area contributed by atoms with E-state index in [1.54, 1.807) is 18.2 Å². The van der Waals surface area contributed by atoms with Crippen molar-refractivity contribution in [3.63, 3.8) is 0 Å². The Bertz CT molecular complexity index is 673. The molecule has 0 amide bonds. The zero-order valence-electron chi connectivity index (χ0n) is 8.98. The Balaban J connectivity index is 0.00000144. The molecular weight excluding hydrogens is 317 g/mol. The van der Waals surface area contributed by atoms with Gasteiger partial charge in [0.2, 0.25) is 0 Å². The number of rotatable bonds is 1. The van der Waals surface area contributed by atoms with Gasteiger partial charge in [-0.1, -0.05) is 28.1 Å². The second kappa shape index (κ2) is 5.26. The standard InChI is InChI=1S/C10H8BrNO3S.Na/c11-7-4-5-9(16(13,14)15)10-6(7)2-1-3-8(10)12;/h1-5H,12H2,(H,13,14,15);/q;+1/p-1. The molecule has 0 aliphatic heterocycles. The molecule has 2 N–H and O–H groups in total. The van der Waals surface area contributed by atoms with Gasteiger partial charge in [0.05, 0.1) is 4.90 Å². The largest absolute Gasteiger partial charge is 1.00 e. The minimum absolute atomic E-state index is 0. The third-order valence-electron chi connectivity index (χ3n) is 2.25. The number of nitrogen functional groups attached to an aromatic ring is 1. The van der Waals surface area contributed by atoms with Gasteiger partial charge in [-0.05, 0) is 23.6 Å². The van der Waals surface area contributed by atoms with Crippen molar-refractivity contribution in [2.45, 2.75) is 4.90 Å². The molecule has 0 aromatic heterocycles. The van der Waals surface area contributed by atoms with Gasteiger partial charge in [0.1, 0.15) is 10.1 Å². The van der Waals surface area contributed by atoms with Crippen molar-refractivity contribution in [2.75, 3.05) is 5.73 Å². The van der Waals surface area contributed by atoms with Crippen LogP contribution in [0.5, 0.6) is 0 Å². The normalized spacial score (nSPS) is 11.2. The zero-order valence-corrected chi connectivity index (χ0v) is 13.4. The number of nitrogens with two attached hydrogens (primary N) is 1. The van der Waals surface area contributed by atoms with E-state index in [0.29, 0.717) is 9.86 Å². The SMILES string of the molecule is Nc1cccc2c(Br)ccc(S(=O)(=O)[O-])c12.[Na+]. The second-order valence-electron chi connectivity index (χ2n) is 3.27. The number of fused-ring (bicyclic) bond motifs is 1. The summed E-state index contributed by atoms with van der Waals surface area (Å²) in [5, 5.41) is 0.879. The maximum atomic E-state index is 11.1. The topological polar surface area (TPSA) is 83.2 Å². The van der Waals surface area contributed by atoms with Gasteiger partial charge in [-0.15, -0.1) is 0 Å². The van der Waals surface area contributed by atoms with Crippen LogP contribution in [-0.4, -0.2) is 13.0 Å². The summed E-state index contributed by atoms with van der Waals surface area (Å²) in [4.78, 5) is -0.288. The Labute approximate surface area is 129 Å². The maximum Gasteiger partial charge on any atom is 1.00 e. The van der Waals surface area contributed by atoms with E-state index < -0.39 is 10.1 Å². The molecule has 0 atom stereocenters. The van der Waals surface area contributed by atoms with Crippen LogP contribution in [0.3, 0.4) is 0 Å². The number of anilines is 1. The number of hydrogen-bond donors (Lipinski definition) is 1. The van der Waals surface area contributed by atoms with Crippen molar-refractivity contribution < 1.29 is 42.5 Å². The molecule has 2 aromatic carbocycles. The van der Waals surface area contributed by atoms with E-state index in [1.165, 1.54) is 12.1 Å². The van der Waals surface area contributed by atoms with E-state index >= 15 is 0 Å². The molecule has 0 spiro atoms. The fourth-order valence-electron chi connectivity index (χ4n) is 1.57. The third kappa shape index (κ3) is 2.83. The number of halogens is 1. The van der Waals surface area contributed by atoms with Crippen LogP contribution in [0.15, 0.2) is 39.7 Å². The van der Waals surface area contributed by atoms with Crippen LogP contribution in [0, 0.1) is 0 Å². The predicted octanol–water partition coefficient (Wildman–Crippen LogP) is -0.907. The molecule has 84 valence electrons. The molecule has 0 aliphatic carbocycles. The van der Waals surface area contributed by atoms with Crippen LogP contribution >= 0.6 is 15.9 Å². The number of benzene rings is 2. The van der Waals surface area contributed by atoms with Gasteiger partial charge in [-0.2, -0.15) is 0 Å². The van der Waals surface area contributed by atoms with Crippen LogP contribution in [0.1, 0.15) is 0 Å². The summed E-state index contributed by atoms with van der Waals surface area (Å²) in [6, 6.07) is 7.73. The first-order valence-electron chi connectivity index (χ1n) is 4.34. The summed E-state index contributed by atoms with van der Waals surface area (Å²) in [5.41, 5.74) is 5.97. The van der Waals surface area contributed by atoms with E-state index in [2.05, 4.69) is 15.9 Å². The third-order valence-corrected chi connectivity index (χ3v) is 3.82. The molecule has 0 radical (unpaired) electrons. The van der Waals surface area contributed by atoms with Crippen LogP contribution in [0.2, 0.25) is 0 Å². The van der Waals surface area contributed by atoms with E-state index in [9.17, 15) is 13.0 Å².